The first kappa shape index (κ1) is 20.0. The summed E-state index contributed by atoms with van der Waals surface area (Å²) in [4.78, 5) is 16.9. The minimum absolute atomic E-state index is 0.307. The molecule has 1 amide bonds. The molecule has 0 aliphatic heterocycles. The van der Waals surface area contributed by atoms with Crippen molar-refractivity contribution < 1.29 is 23.7 Å². The van der Waals surface area contributed by atoms with E-state index in [1.165, 1.54) is 13.2 Å². The minimum atomic E-state index is -0.307. The summed E-state index contributed by atoms with van der Waals surface area (Å²) in [5.74, 6) is 1.84. The molecule has 0 aliphatic carbocycles. The van der Waals surface area contributed by atoms with Crippen LogP contribution in [0.15, 0.2) is 48.7 Å². The number of amides is 1. The van der Waals surface area contributed by atoms with E-state index in [0.29, 0.717) is 34.2 Å². The molecule has 1 heterocycles. The Balaban J connectivity index is 1.86. The van der Waals surface area contributed by atoms with E-state index in [1.807, 2.05) is 18.2 Å². The number of nitrogens with zero attached hydrogens (tertiary/aromatic N) is 1. The van der Waals surface area contributed by atoms with Crippen molar-refractivity contribution in [2.24, 2.45) is 0 Å². The van der Waals surface area contributed by atoms with Crippen molar-refractivity contribution in [1.29, 1.82) is 0 Å². The van der Waals surface area contributed by atoms with Crippen molar-refractivity contribution in [3.8, 4) is 23.0 Å². The lowest BCUT2D eigenvalue weighted by atomic mass is 10.1. The van der Waals surface area contributed by atoms with Gasteiger partial charge in [0.25, 0.3) is 0 Å². The average Bonchev–Trinajstić information content (AvgIpc) is 2.76. The Bertz CT molecular complexity index is 1040. The van der Waals surface area contributed by atoms with Crippen molar-refractivity contribution in [2.75, 3.05) is 33.8 Å². The largest absolute Gasteiger partial charge is 0.497 e. The first-order valence-corrected chi connectivity index (χ1v) is 8.81. The van der Waals surface area contributed by atoms with Gasteiger partial charge in [-0.25, -0.2) is 0 Å². The van der Waals surface area contributed by atoms with E-state index < -0.39 is 0 Å². The minimum Gasteiger partial charge on any atom is -0.497 e. The summed E-state index contributed by atoms with van der Waals surface area (Å²) in [6.07, 6.45) is 4.76. The molecule has 3 rings (SSSR count). The van der Waals surface area contributed by atoms with Crippen molar-refractivity contribution in [3.63, 3.8) is 0 Å². The van der Waals surface area contributed by atoms with Gasteiger partial charge in [0.15, 0.2) is 11.5 Å². The molecule has 0 saturated heterocycles. The van der Waals surface area contributed by atoms with Crippen molar-refractivity contribution in [1.82, 2.24) is 4.98 Å². The molecule has 0 aliphatic rings. The van der Waals surface area contributed by atoms with Crippen LogP contribution >= 0.6 is 0 Å². The molecular weight excluding hydrogens is 372 g/mol. The molecule has 1 N–H and O–H groups in total. The molecule has 1 aromatic heterocycles. The molecule has 7 nitrogen and oxygen atoms in total. The Hall–Kier alpha value is -3.74. The van der Waals surface area contributed by atoms with E-state index in [4.69, 9.17) is 18.9 Å². The third-order valence-electron chi connectivity index (χ3n) is 4.29. The van der Waals surface area contributed by atoms with Gasteiger partial charge in [0, 0.05) is 23.7 Å². The Kier molecular flexibility index (Phi) is 6.19. The number of rotatable bonds is 7. The molecule has 7 heteroatoms. The summed E-state index contributed by atoms with van der Waals surface area (Å²) in [6, 6.07) is 10.9. The van der Waals surface area contributed by atoms with E-state index in [9.17, 15) is 4.79 Å². The maximum absolute atomic E-state index is 12.5. The highest BCUT2D eigenvalue weighted by Crippen LogP contribution is 2.38. The molecule has 0 spiro atoms. The maximum atomic E-state index is 12.5. The van der Waals surface area contributed by atoms with Gasteiger partial charge in [-0.15, -0.1) is 0 Å². The number of ether oxygens (including phenoxy) is 4. The van der Waals surface area contributed by atoms with Crippen LogP contribution in [-0.4, -0.2) is 39.3 Å². The first-order chi connectivity index (χ1) is 14.1. The molecule has 0 bridgehead atoms. The maximum Gasteiger partial charge on any atom is 0.248 e. The van der Waals surface area contributed by atoms with Crippen LogP contribution in [0.2, 0.25) is 0 Å². The highest BCUT2D eigenvalue weighted by atomic mass is 16.5. The smallest absolute Gasteiger partial charge is 0.248 e. The zero-order chi connectivity index (χ0) is 20.8. The summed E-state index contributed by atoms with van der Waals surface area (Å²) in [7, 11) is 6.19. The number of aromatic nitrogens is 1. The predicted molar refractivity (Wildman–Crippen MR) is 112 cm³/mol. The van der Waals surface area contributed by atoms with E-state index in [-0.39, 0.29) is 5.91 Å². The normalized spacial score (nSPS) is 10.8. The number of anilines is 1. The Morgan fingerprint density at radius 3 is 2.31 bits per heavy atom. The van der Waals surface area contributed by atoms with Crippen LogP contribution in [0.3, 0.4) is 0 Å². The quantitative estimate of drug-likeness (QED) is 0.612. The number of nitrogens with one attached hydrogen (secondary N) is 1. The van der Waals surface area contributed by atoms with Gasteiger partial charge in [-0.3, -0.25) is 9.78 Å². The Labute approximate surface area is 168 Å². The van der Waals surface area contributed by atoms with Crippen molar-refractivity contribution >= 4 is 28.6 Å². The van der Waals surface area contributed by atoms with Crippen LogP contribution in [0.1, 0.15) is 5.56 Å². The summed E-state index contributed by atoms with van der Waals surface area (Å²) in [5.41, 5.74) is 1.98. The molecule has 0 atom stereocenters. The van der Waals surface area contributed by atoms with Crippen molar-refractivity contribution in [2.45, 2.75) is 0 Å². The van der Waals surface area contributed by atoms with Gasteiger partial charge in [-0.2, -0.15) is 0 Å². The zero-order valence-corrected chi connectivity index (χ0v) is 16.7. The fourth-order valence-corrected chi connectivity index (χ4v) is 2.92. The standard InChI is InChI=1S/C22H22N2O5/c1-26-16-12-15-6-5-9-23-21(15)17(13-16)24-20(25)8-7-14-10-18(27-2)22(29-4)19(11-14)28-3/h5-13H,1-4H3,(H,24,25)/b8-7+. The second-order valence-corrected chi connectivity index (χ2v) is 6.03. The van der Waals surface area contributed by atoms with Crippen LogP contribution < -0.4 is 24.3 Å². The molecule has 0 saturated carbocycles. The fourth-order valence-electron chi connectivity index (χ4n) is 2.92. The Morgan fingerprint density at radius 1 is 0.966 bits per heavy atom. The monoisotopic (exact) mass is 394 g/mol. The van der Waals surface area contributed by atoms with Gasteiger partial charge in [0.2, 0.25) is 11.7 Å². The topological polar surface area (TPSA) is 78.9 Å². The lowest BCUT2D eigenvalue weighted by Crippen LogP contribution is -2.08. The van der Waals surface area contributed by atoms with Crippen LogP contribution in [0.5, 0.6) is 23.0 Å². The Morgan fingerprint density at radius 2 is 1.69 bits per heavy atom. The van der Waals surface area contributed by atoms with Gasteiger partial charge < -0.3 is 24.3 Å². The number of hydrogen-bond donors (Lipinski definition) is 1. The molecular formula is C22H22N2O5. The number of benzene rings is 2. The van der Waals surface area contributed by atoms with Crippen LogP contribution in [0, 0.1) is 0 Å². The van der Waals surface area contributed by atoms with E-state index in [2.05, 4.69) is 10.3 Å². The van der Waals surface area contributed by atoms with Crippen LogP contribution in [0.4, 0.5) is 5.69 Å². The SMILES string of the molecule is COc1cc(NC(=O)/C=C/c2cc(OC)c(OC)c(OC)c2)c2ncccc2c1. The first-order valence-electron chi connectivity index (χ1n) is 8.81. The second-order valence-electron chi connectivity index (χ2n) is 6.03. The molecule has 0 fully saturated rings. The molecule has 2 aromatic carbocycles. The zero-order valence-electron chi connectivity index (χ0n) is 16.7. The van der Waals surface area contributed by atoms with Gasteiger partial charge in [-0.05, 0) is 35.9 Å². The number of carbonyl (C=O) groups excluding carboxylic acids is 1. The van der Waals surface area contributed by atoms with E-state index in [0.717, 1.165) is 10.9 Å². The predicted octanol–water partition coefficient (Wildman–Crippen LogP) is 3.92. The molecule has 150 valence electrons. The molecule has 3 aromatic rings. The average molecular weight is 394 g/mol. The summed E-state index contributed by atoms with van der Waals surface area (Å²) in [6.45, 7) is 0. The van der Waals surface area contributed by atoms with Crippen LogP contribution in [-0.2, 0) is 4.79 Å². The summed E-state index contributed by atoms with van der Waals surface area (Å²) >= 11 is 0. The van der Waals surface area contributed by atoms with Crippen LogP contribution in [0.25, 0.3) is 17.0 Å². The number of pyridine rings is 1. The summed E-state index contributed by atoms with van der Waals surface area (Å²) < 4.78 is 21.3. The van der Waals surface area contributed by atoms with E-state index in [1.54, 1.807) is 51.8 Å². The number of carbonyl (C=O) groups is 1. The molecule has 0 unspecified atom stereocenters. The van der Waals surface area contributed by atoms with Crippen molar-refractivity contribution in [3.05, 3.63) is 54.2 Å². The molecule has 29 heavy (non-hydrogen) atoms. The van der Waals surface area contributed by atoms with E-state index >= 15 is 0 Å². The molecule has 0 radical (unpaired) electrons. The highest BCUT2D eigenvalue weighted by molar-refractivity contribution is 6.07. The second kappa shape index (κ2) is 8.97. The van der Waals surface area contributed by atoms with Gasteiger partial charge in [0.05, 0.1) is 39.6 Å². The number of hydrogen-bond acceptors (Lipinski definition) is 6. The highest BCUT2D eigenvalue weighted by Gasteiger charge is 2.12. The van der Waals surface area contributed by atoms with Gasteiger partial charge >= 0.3 is 0 Å². The fraction of sp³-hybridized carbons (Fsp3) is 0.182. The lowest BCUT2D eigenvalue weighted by molar-refractivity contribution is -0.111. The summed E-state index contributed by atoms with van der Waals surface area (Å²) in [5, 5.41) is 3.73. The van der Waals surface area contributed by atoms with Gasteiger partial charge in [-0.1, -0.05) is 6.07 Å². The number of fused-ring (bicyclic) bond motifs is 1. The third-order valence-corrected chi connectivity index (χ3v) is 4.29. The third kappa shape index (κ3) is 4.40. The lowest BCUT2D eigenvalue weighted by Gasteiger charge is -2.13. The number of methoxy groups -OCH3 is 4. The van der Waals surface area contributed by atoms with Gasteiger partial charge in [0.1, 0.15) is 5.75 Å².